The first-order valence-electron chi connectivity index (χ1n) is 7.00. The molecule has 0 bridgehead atoms. The van der Waals surface area contributed by atoms with E-state index >= 15 is 0 Å². The van der Waals surface area contributed by atoms with Crippen LogP contribution in [-0.2, 0) is 9.53 Å². The molecule has 1 aromatic carbocycles. The summed E-state index contributed by atoms with van der Waals surface area (Å²) in [5.74, 6) is -0.712. The van der Waals surface area contributed by atoms with E-state index in [2.05, 4.69) is 6.07 Å². The molecule has 2 rings (SSSR count). The average Bonchev–Trinajstić information content (AvgIpc) is 2.96. The van der Waals surface area contributed by atoms with Crippen LogP contribution in [0.3, 0.4) is 0 Å². The summed E-state index contributed by atoms with van der Waals surface area (Å²) < 4.78 is 10.8. The van der Waals surface area contributed by atoms with Crippen molar-refractivity contribution in [1.29, 1.82) is 5.26 Å². The molecule has 1 saturated heterocycles. The Kier molecular flexibility index (Phi) is 5.22. The highest BCUT2D eigenvalue weighted by Gasteiger charge is 2.38. The van der Waals surface area contributed by atoms with Gasteiger partial charge < -0.3 is 9.47 Å². The summed E-state index contributed by atoms with van der Waals surface area (Å²) in [7, 11) is 1.51. The minimum atomic E-state index is -0.876. The van der Waals surface area contributed by atoms with Crippen LogP contribution in [0.4, 0.5) is 0 Å². The highest BCUT2D eigenvalue weighted by Crippen LogP contribution is 2.35. The van der Waals surface area contributed by atoms with Gasteiger partial charge >= 0.3 is 0 Å². The van der Waals surface area contributed by atoms with Crippen LogP contribution in [0.2, 0.25) is 5.02 Å². The molecule has 5 heteroatoms. The van der Waals surface area contributed by atoms with Crippen LogP contribution in [-0.4, -0.2) is 25.6 Å². The quantitative estimate of drug-likeness (QED) is 0.837. The van der Waals surface area contributed by atoms with E-state index in [-0.39, 0.29) is 17.8 Å². The Morgan fingerprint density at radius 2 is 2.38 bits per heavy atom. The van der Waals surface area contributed by atoms with Crippen molar-refractivity contribution < 1.29 is 14.3 Å². The number of ether oxygens (including phenoxy) is 2. The van der Waals surface area contributed by atoms with E-state index in [0.29, 0.717) is 29.4 Å². The van der Waals surface area contributed by atoms with Crippen molar-refractivity contribution in [1.82, 2.24) is 0 Å². The van der Waals surface area contributed by atoms with Gasteiger partial charge in [0.05, 0.1) is 19.3 Å². The predicted octanol–water partition coefficient (Wildman–Crippen LogP) is 3.34. The summed E-state index contributed by atoms with van der Waals surface area (Å²) in [5, 5.41) is 9.95. The van der Waals surface area contributed by atoms with Crippen molar-refractivity contribution in [3.63, 3.8) is 0 Å². The molecule has 1 aliphatic rings. The monoisotopic (exact) mass is 307 g/mol. The SMILES string of the molecule is CCC1OCCC1C(=O)C(C#N)c1cc(Cl)ccc1OC. The molecule has 1 aromatic rings. The van der Waals surface area contributed by atoms with Crippen molar-refractivity contribution in [2.45, 2.75) is 31.8 Å². The number of halogens is 1. The zero-order valence-corrected chi connectivity index (χ0v) is 12.9. The molecule has 1 fully saturated rings. The fourth-order valence-electron chi connectivity index (χ4n) is 2.81. The molecular formula is C16H18ClNO3. The smallest absolute Gasteiger partial charge is 0.160 e. The third-order valence-electron chi connectivity index (χ3n) is 3.89. The number of methoxy groups -OCH3 is 1. The van der Waals surface area contributed by atoms with E-state index in [0.717, 1.165) is 6.42 Å². The lowest BCUT2D eigenvalue weighted by atomic mass is 9.84. The minimum absolute atomic E-state index is 0.0986. The number of rotatable bonds is 5. The second kappa shape index (κ2) is 6.93. The highest BCUT2D eigenvalue weighted by atomic mass is 35.5. The Morgan fingerprint density at radius 3 is 3.00 bits per heavy atom. The summed E-state index contributed by atoms with van der Waals surface area (Å²) in [6, 6.07) is 7.08. The zero-order chi connectivity index (χ0) is 15.4. The Hall–Kier alpha value is -1.57. The normalized spacial score (nSPS) is 22.6. The van der Waals surface area contributed by atoms with Gasteiger partial charge in [-0.3, -0.25) is 4.79 Å². The maximum absolute atomic E-state index is 12.7. The fourth-order valence-corrected chi connectivity index (χ4v) is 2.99. The van der Waals surface area contributed by atoms with Crippen LogP contribution in [0.5, 0.6) is 5.75 Å². The van der Waals surface area contributed by atoms with Crippen molar-refractivity contribution in [3.05, 3.63) is 28.8 Å². The van der Waals surface area contributed by atoms with Crippen LogP contribution in [0.25, 0.3) is 0 Å². The van der Waals surface area contributed by atoms with E-state index in [9.17, 15) is 10.1 Å². The van der Waals surface area contributed by atoms with Gasteiger partial charge in [-0.25, -0.2) is 0 Å². The van der Waals surface area contributed by atoms with Gasteiger partial charge in [0.25, 0.3) is 0 Å². The van der Waals surface area contributed by atoms with E-state index in [1.807, 2.05) is 6.92 Å². The maximum Gasteiger partial charge on any atom is 0.160 e. The van der Waals surface area contributed by atoms with Gasteiger partial charge in [0, 0.05) is 23.1 Å². The van der Waals surface area contributed by atoms with E-state index in [1.54, 1.807) is 18.2 Å². The fraction of sp³-hybridized carbons (Fsp3) is 0.500. The average molecular weight is 308 g/mol. The largest absolute Gasteiger partial charge is 0.496 e. The minimum Gasteiger partial charge on any atom is -0.496 e. The van der Waals surface area contributed by atoms with E-state index in [4.69, 9.17) is 21.1 Å². The molecular weight excluding hydrogens is 290 g/mol. The number of hydrogen-bond donors (Lipinski definition) is 0. The van der Waals surface area contributed by atoms with Crippen LogP contribution < -0.4 is 4.74 Å². The third-order valence-corrected chi connectivity index (χ3v) is 4.13. The Morgan fingerprint density at radius 1 is 1.62 bits per heavy atom. The second-order valence-corrected chi connectivity index (χ2v) is 5.50. The first kappa shape index (κ1) is 15.8. The molecule has 21 heavy (non-hydrogen) atoms. The Balaban J connectivity index is 2.34. The number of carbonyl (C=O) groups is 1. The number of ketones is 1. The number of Topliss-reactive ketones (excluding diaryl/α,β-unsaturated/α-hetero) is 1. The number of nitriles is 1. The summed E-state index contributed by atoms with van der Waals surface area (Å²) in [6.07, 6.45) is 1.33. The van der Waals surface area contributed by atoms with Crippen molar-refractivity contribution in [3.8, 4) is 11.8 Å². The van der Waals surface area contributed by atoms with Crippen LogP contribution in [0.15, 0.2) is 18.2 Å². The van der Waals surface area contributed by atoms with E-state index < -0.39 is 5.92 Å². The molecule has 0 saturated carbocycles. The Bertz CT molecular complexity index is 567. The summed E-state index contributed by atoms with van der Waals surface area (Å²) in [6.45, 7) is 2.55. The van der Waals surface area contributed by atoms with Gasteiger partial charge in [0.1, 0.15) is 11.7 Å². The lowest BCUT2D eigenvalue weighted by Gasteiger charge is -2.20. The van der Waals surface area contributed by atoms with Crippen molar-refractivity contribution in [2.24, 2.45) is 5.92 Å². The number of hydrogen-bond acceptors (Lipinski definition) is 4. The standard InChI is InChI=1S/C16H18ClNO3/c1-3-14-11(6-7-21-14)16(19)13(9-18)12-8-10(17)4-5-15(12)20-2/h4-5,8,11,13-14H,3,6-7H2,1-2H3. The number of nitrogens with zero attached hydrogens (tertiary/aromatic N) is 1. The summed E-state index contributed by atoms with van der Waals surface area (Å²) in [4.78, 5) is 12.7. The topological polar surface area (TPSA) is 59.3 Å². The predicted molar refractivity (Wildman–Crippen MR) is 79.5 cm³/mol. The van der Waals surface area contributed by atoms with Gasteiger partial charge in [-0.1, -0.05) is 18.5 Å². The molecule has 1 aliphatic heterocycles. The number of carbonyl (C=O) groups excluding carboxylic acids is 1. The molecule has 0 N–H and O–H groups in total. The van der Waals surface area contributed by atoms with Crippen molar-refractivity contribution >= 4 is 17.4 Å². The van der Waals surface area contributed by atoms with Gasteiger partial charge in [0.2, 0.25) is 0 Å². The lowest BCUT2D eigenvalue weighted by molar-refractivity contribution is -0.124. The maximum atomic E-state index is 12.7. The van der Waals surface area contributed by atoms with Gasteiger partial charge in [-0.2, -0.15) is 5.26 Å². The molecule has 0 amide bonds. The molecule has 3 unspecified atom stereocenters. The number of benzene rings is 1. The van der Waals surface area contributed by atoms with Gasteiger partial charge in [0.15, 0.2) is 5.78 Å². The van der Waals surface area contributed by atoms with Crippen LogP contribution in [0.1, 0.15) is 31.2 Å². The second-order valence-electron chi connectivity index (χ2n) is 5.06. The zero-order valence-electron chi connectivity index (χ0n) is 12.1. The molecule has 0 aliphatic carbocycles. The third kappa shape index (κ3) is 3.20. The van der Waals surface area contributed by atoms with E-state index in [1.165, 1.54) is 7.11 Å². The molecule has 112 valence electrons. The first-order valence-corrected chi connectivity index (χ1v) is 7.38. The van der Waals surface area contributed by atoms with Crippen LogP contribution in [0, 0.1) is 17.2 Å². The molecule has 0 aromatic heterocycles. The highest BCUT2D eigenvalue weighted by molar-refractivity contribution is 6.30. The van der Waals surface area contributed by atoms with Crippen LogP contribution >= 0.6 is 11.6 Å². The van der Waals surface area contributed by atoms with Crippen molar-refractivity contribution in [2.75, 3.05) is 13.7 Å². The summed E-state index contributed by atoms with van der Waals surface area (Å²) >= 11 is 5.99. The van der Waals surface area contributed by atoms with Gasteiger partial charge in [-0.15, -0.1) is 0 Å². The Labute approximate surface area is 129 Å². The van der Waals surface area contributed by atoms with Gasteiger partial charge in [-0.05, 0) is 31.0 Å². The molecule has 4 nitrogen and oxygen atoms in total. The molecule has 1 heterocycles. The molecule has 0 spiro atoms. The first-order chi connectivity index (χ1) is 10.1. The summed E-state index contributed by atoms with van der Waals surface area (Å²) in [5.41, 5.74) is 0.527. The lowest BCUT2D eigenvalue weighted by Crippen LogP contribution is -2.28. The molecule has 0 radical (unpaired) electrons. The molecule has 3 atom stereocenters.